The second kappa shape index (κ2) is 5.68. The molecule has 0 spiro atoms. The third kappa shape index (κ3) is 2.57. The molecule has 2 fully saturated rings. The molecule has 0 bridgehead atoms. The molecule has 2 rings (SSSR count). The van der Waals surface area contributed by atoms with Crippen molar-refractivity contribution in [1.29, 1.82) is 0 Å². The predicted molar refractivity (Wildman–Crippen MR) is 71.2 cm³/mol. The van der Waals surface area contributed by atoms with Crippen molar-refractivity contribution in [3.63, 3.8) is 0 Å². The number of hydrogen-bond donors (Lipinski definition) is 3. The number of carbonyl (C=O) groups is 3. The Kier molecular flexibility index (Phi) is 4.15. The first-order valence-electron chi connectivity index (χ1n) is 7.10. The SMILES string of the molecule is CCC1C(=O)NCCN1C(=O)NC1(C(=O)O)CCCC1. The van der Waals surface area contributed by atoms with E-state index in [1.54, 1.807) is 0 Å². The van der Waals surface area contributed by atoms with Gasteiger partial charge in [-0.25, -0.2) is 9.59 Å². The molecule has 1 atom stereocenters. The molecule has 1 aliphatic heterocycles. The maximum atomic E-state index is 12.4. The number of carboxylic acids is 1. The van der Waals surface area contributed by atoms with Gasteiger partial charge in [0.05, 0.1) is 0 Å². The first-order valence-corrected chi connectivity index (χ1v) is 7.10. The highest BCUT2D eigenvalue weighted by Crippen LogP contribution is 2.30. The maximum Gasteiger partial charge on any atom is 0.329 e. The van der Waals surface area contributed by atoms with E-state index < -0.39 is 23.6 Å². The normalized spacial score (nSPS) is 25.1. The van der Waals surface area contributed by atoms with Gasteiger partial charge < -0.3 is 20.6 Å². The quantitative estimate of drug-likeness (QED) is 0.694. The molecule has 7 nitrogen and oxygen atoms in total. The lowest BCUT2D eigenvalue weighted by molar-refractivity contribution is -0.144. The van der Waals surface area contributed by atoms with E-state index >= 15 is 0 Å². The van der Waals surface area contributed by atoms with Gasteiger partial charge in [-0.15, -0.1) is 0 Å². The third-order valence-corrected chi connectivity index (χ3v) is 4.19. The van der Waals surface area contributed by atoms with E-state index in [9.17, 15) is 19.5 Å². The van der Waals surface area contributed by atoms with Crippen LogP contribution >= 0.6 is 0 Å². The number of rotatable bonds is 3. The van der Waals surface area contributed by atoms with Crippen molar-refractivity contribution in [2.45, 2.75) is 50.6 Å². The Balaban J connectivity index is 2.10. The summed E-state index contributed by atoms with van der Waals surface area (Å²) in [5, 5.41) is 14.7. The Labute approximate surface area is 117 Å². The highest BCUT2D eigenvalue weighted by atomic mass is 16.4. The number of hydrogen-bond acceptors (Lipinski definition) is 3. The number of nitrogens with one attached hydrogen (secondary N) is 2. The summed E-state index contributed by atoms with van der Waals surface area (Å²) >= 11 is 0. The lowest BCUT2D eigenvalue weighted by Crippen LogP contribution is -2.63. The summed E-state index contributed by atoms with van der Waals surface area (Å²) in [4.78, 5) is 37.0. The van der Waals surface area contributed by atoms with Crippen molar-refractivity contribution in [2.24, 2.45) is 0 Å². The van der Waals surface area contributed by atoms with Crippen LogP contribution in [0.4, 0.5) is 4.79 Å². The van der Waals surface area contributed by atoms with Crippen molar-refractivity contribution in [3.05, 3.63) is 0 Å². The molecule has 20 heavy (non-hydrogen) atoms. The Morgan fingerprint density at radius 2 is 2.10 bits per heavy atom. The fourth-order valence-electron chi connectivity index (χ4n) is 3.01. The zero-order valence-electron chi connectivity index (χ0n) is 11.6. The van der Waals surface area contributed by atoms with Crippen LogP contribution in [0.1, 0.15) is 39.0 Å². The molecule has 3 N–H and O–H groups in total. The van der Waals surface area contributed by atoms with Crippen molar-refractivity contribution >= 4 is 17.9 Å². The fraction of sp³-hybridized carbons (Fsp3) is 0.769. The Morgan fingerprint density at radius 1 is 1.45 bits per heavy atom. The summed E-state index contributed by atoms with van der Waals surface area (Å²) in [5.41, 5.74) is -1.16. The third-order valence-electron chi connectivity index (χ3n) is 4.19. The number of aliphatic carboxylic acids is 1. The number of urea groups is 1. The minimum absolute atomic E-state index is 0.176. The fourth-order valence-corrected chi connectivity index (χ4v) is 3.01. The Bertz CT molecular complexity index is 418. The van der Waals surface area contributed by atoms with E-state index in [1.807, 2.05) is 6.92 Å². The van der Waals surface area contributed by atoms with E-state index in [4.69, 9.17) is 0 Å². The number of nitrogens with zero attached hydrogens (tertiary/aromatic N) is 1. The molecule has 7 heteroatoms. The average molecular weight is 283 g/mol. The smallest absolute Gasteiger partial charge is 0.329 e. The van der Waals surface area contributed by atoms with E-state index in [0.29, 0.717) is 32.4 Å². The van der Waals surface area contributed by atoms with Crippen LogP contribution in [0.25, 0.3) is 0 Å². The minimum atomic E-state index is -1.16. The van der Waals surface area contributed by atoms with Crippen LogP contribution in [0, 0.1) is 0 Å². The van der Waals surface area contributed by atoms with Gasteiger partial charge in [-0.3, -0.25) is 4.79 Å². The monoisotopic (exact) mass is 283 g/mol. The molecule has 1 saturated carbocycles. The largest absolute Gasteiger partial charge is 0.480 e. The molecule has 1 aliphatic carbocycles. The molecule has 1 heterocycles. The van der Waals surface area contributed by atoms with Crippen LogP contribution in [-0.4, -0.2) is 52.6 Å². The standard InChI is InChI=1S/C13H21N3O4/c1-2-9-10(17)14-7-8-16(9)12(20)15-13(11(18)19)5-3-4-6-13/h9H,2-8H2,1H3,(H,14,17)(H,15,20)(H,18,19). The molecule has 3 amide bonds. The number of piperazine rings is 1. The van der Waals surface area contributed by atoms with Gasteiger partial charge in [-0.05, 0) is 19.3 Å². The van der Waals surface area contributed by atoms with Crippen molar-refractivity contribution < 1.29 is 19.5 Å². The molecular formula is C13H21N3O4. The van der Waals surface area contributed by atoms with Gasteiger partial charge >= 0.3 is 12.0 Å². The number of carboxylic acid groups (broad SMARTS) is 1. The van der Waals surface area contributed by atoms with Crippen LogP contribution in [0.5, 0.6) is 0 Å². The summed E-state index contributed by atoms with van der Waals surface area (Å²) in [6, 6.07) is -0.966. The summed E-state index contributed by atoms with van der Waals surface area (Å²) in [6.07, 6.45) is 3.00. The van der Waals surface area contributed by atoms with Crippen LogP contribution in [0.3, 0.4) is 0 Å². The van der Waals surface area contributed by atoms with E-state index in [1.165, 1.54) is 4.90 Å². The minimum Gasteiger partial charge on any atom is -0.480 e. The molecule has 1 unspecified atom stereocenters. The molecule has 112 valence electrons. The highest BCUT2D eigenvalue weighted by molar-refractivity contribution is 5.91. The summed E-state index contributed by atoms with van der Waals surface area (Å²) in [7, 11) is 0. The average Bonchev–Trinajstić information content (AvgIpc) is 2.88. The molecule has 0 radical (unpaired) electrons. The number of carbonyl (C=O) groups excluding carboxylic acids is 2. The van der Waals surface area contributed by atoms with Crippen LogP contribution in [0.2, 0.25) is 0 Å². The summed E-state index contributed by atoms with van der Waals surface area (Å²) in [5.74, 6) is -1.16. The van der Waals surface area contributed by atoms with Crippen molar-refractivity contribution in [2.75, 3.05) is 13.1 Å². The molecular weight excluding hydrogens is 262 g/mol. The van der Waals surface area contributed by atoms with Crippen molar-refractivity contribution in [3.8, 4) is 0 Å². The lowest BCUT2D eigenvalue weighted by Gasteiger charge is -2.37. The highest BCUT2D eigenvalue weighted by Gasteiger charge is 2.44. The zero-order valence-corrected chi connectivity index (χ0v) is 11.6. The van der Waals surface area contributed by atoms with Gasteiger partial charge in [0.2, 0.25) is 5.91 Å². The molecule has 0 aromatic carbocycles. The first-order chi connectivity index (χ1) is 9.50. The first kappa shape index (κ1) is 14.6. The van der Waals surface area contributed by atoms with Crippen LogP contribution < -0.4 is 10.6 Å². The van der Waals surface area contributed by atoms with Gasteiger partial charge in [0.1, 0.15) is 11.6 Å². The van der Waals surface area contributed by atoms with Gasteiger partial charge in [0.25, 0.3) is 0 Å². The van der Waals surface area contributed by atoms with Gasteiger partial charge in [-0.1, -0.05) is 19.8 Å². The predicted octanol–water partition coefficient (Wildman–Crippen LogP) is 0.304. The molecule has 0 aromatic rings. The van der Waals surface area contributed by atoms with Crippen LogP contribution in [-0.2, 0) is 9.59 Å². The second-order valence-corrected chi connectivity index (χ2v) is 5.43. The topological polar surface area (TPSA) is 98.7 Å². The van der Waals surface area contributed by atoms with E-state index in [2.05, 4.69) is 10.6 Å². The molecule has 2 aliphatic rings. The van der Waals surface area contributed by atoms with E-state index in [-0.39, 0.29) is 5.91 Å². The lowest BCUT2D eigenvalue weighted by atomic mass is 9.98. The van der Waals surface area contributed by atoms with Crippen LogP contribution in [0.15, 0.2) is 0 Å². The summed E-state index contributed by atoms with van der Waals surface area (Å²) in [6.45, 7) is 2.65. The Hall–Kier alpha value is -1.79. The number of amides is 3. The second-order valence-electron chi connectivity index (χ2n) is 5.43. The van der Waals surface area contributed by atoms with Crippen molar-refractivity contribution in [1.82, 2.24) is 15.5 Å². The Morgan fingerprint density at radius 3 is 2.65 bits per heavy atom. The molecule has 1 saturated heterocycles. The maximum absolute atomic E-state index is 12.4. The van der Waals surface area contributed by atoms with E-state index in [0.717, 1.165) is 12.8 Å². The van der Waals surface area contributed by atoms with Gasteiger partial charge in [0, 0.05) is 13.1 Å². The van der Waals surface area contributed by atoms with Gasteiger partial charge in [0.15, 0.2) is 0 Å². The molecule has 0 aromatic heterocycles. The zero-order chi connectivity index (χ0) is 14.8. The summed E-state index contributed by atoms with van der Waals surface area (Å²) < 4.78 is 0. The van der Waals surface area contributed by atoms with Gasteiger partial charge in [-0.2, -0.15) is 0 Å².